The lowest BCUT2D eigenvalue weighted by Crippen LogP contribution is -3.61. The zero-order valence-corrected chi connectivity index (χ0v) is 47.1. The molecule has 0 atom stereocenters. The molecule has 0 unspecified atom stereocenters. The molecule has 360 valence electrons. The monoisotopic (exact) mass is 1400 g/mol. The second kappa shape index (κ2) is 35.7. The molecule has 0 spiro atoms. The molecule has 0 heterocycles. The summed E-state index contributed by atoms with van der Waals surface area (Å²) in [5, 5.41) is 0. The van der Waals surface area contributed by atoms with E-state index in [1.54, 1.807) is 28.4 Å². The molecule has 0 N–H and O–H groups in total. The molecule has 8 rings (SSSR count). The van der Waals surface area contributed by atoms with Crippen LogP contribution in [0.3, 0.4) is 0 Å². The molecule has 0 saturated heterocycles. The van der Waals surface area contributed by atoms with E-state index >= 15 is 0 Å². The summed E-state index contributed by atoms with van der Waals surface area (Å²) in [6.07, 6.45) is 0.604. The molecular weight excluding hydrogens is 1350 g/mol. The van der Waals surface area contributed by atoms with Gasteiger partial charge in [0.25, 0.3) is 0 Å². The van der Waals surface area contributed by atoms with E-state index in [-0.39, 0.29) is 98.9 Å². The number of methoxy groups -OCH3 is 4. The highest BCUT2D eigenvalue weighted by Gasteiger charge is 2.17. The summed E-state index contributed by atoms with van der Waals surface area (Å²) >= 11 is -0.180. The number of ether oxygens (including phenoxy) is 4. The van der Waals surface area contributed by atoms with Gasteiger partial charge in [0.15, 0.2) is 28.6 Å². The summed E-state index contributed by atoms with van der Waals surface area (Å²) in [6.45, 7) is 0. The summed E-state index contributed by atoms with van der Waals surface area (Å²) in [5.41, 5.74) is 0. The maximum Gasteiger partial charge on any atom is 0.357 e. The third kappa shape index (κ3) is 26.9. The number of hydrogen-bond acceptors (Lipinski definition) is 7. The molecule has 0 aliphatic heterocycles. The van der Waals surface area contributed by atoms with Crippen molar-refractivity contribution in [2.75, 3.05) is 34.7 Å². The zero-order valence-electron chi connectivity index (χ0n) is 37.7. The Morgan fingerprint density at radius 3 is 0.559 bits per heavy atom. The van der Waals surface area contributed by atoms with Crippen LogP contribution in [0, 0.1) is 28.6 Å². The van der Waals surface area contributed by atoms with Crippen molar-refractivity contribution in [2.24, 2.45) is 0 Å². The molecule has 0 bridgehead atoms. The smallest absolute Gasteiger partial charge is 0.357 e. The molecule has 0 radical (unpaired) electrons. The number of hydrogen-bond donors (Lipinski definition) is 0. The van der Waals surface area contributed by atoms with Gasteiger partial charge in [-0.3, -0.25) is 0 Å². The average Bonchev–Trinajstić information content (AvgIpc) is 3.34. The van der Waals surface area contributed by atoms with Crippen molar-refractivity contribution in [3.05, 3.63) is 247 Å². The van der Waals surface area contributed by atoms with E-state index in [0.29, 0.717) is 6.26 Å². The van der Waals surface area contributed by atoms with Crippen molar-refractivity contribution in [1.82, 2.24) is 0 Å². The van der Waals surface area contributed by atoms with Crippen LogP contribution in [0.15, 0.2) is 218 Å². The van der Waals surface area contributed by atoms with Gasteiger partial charge in [-0.2, -0.15) is 0 Å². The minimum Gasteiger partial charge on any atom is -1.00 e. The second-order valence-corrected chi connectivity index (χ2v) is 26.4. The van der Waals surface area contributed by atoms with Gasteiger partial charge in [0.1, 0.15) is 23.0 Å². The summed E-state index contributed by atoms with van der Waals surface area (Å²) in [4.78, 5) is 0. The van der Waals surface area contributed by atoms with Crippen molar-refractivity contribution < 1.29 is 131 Å². The first-order chi connectivity index (χ1) is 31.5. The zero-order chi connectivity index (χ0) is 46.5. The van der Waals surface area contributed by atoms with Crippen LogP contribution in [0.1, 0.15) is 0 Å². The minimum absolute atomic E-state index is 0. The summed E-state index contributed by atoms with van der Waals surface area (Å²) in [7, 11) is 2.87. The van der Waals surface area contributed by atoms with Gasteiger partial charge in [-0.15, -0.1) is 0 Å². The van der Waals surface area contributed by atoms with Crippen molar-refractivity contribution in [3.63, 3.8) is 0 Å². The first-order valence-corrected chi connectivity index (χ1v) is 30.2. The number of benzene rings is 8. The summed E-state index contributed by atoms with van der Waals surface area (Å²) in [6, 6.07) is 76.0. The predicted molar refractivity (Wildman–Crippen MR) is 243 cm³/mol. The Hall–Kier alpha value is -4.42. The molecule has 68 heavy (non-hydrogen) atoms. The van der Waals surface area contributed by atoms with Gasteiger partial charge in [-0.25, -0.2) is 8.42 Å². The van der Waals surface area contributed by atoms with Crippen LogP contribution < -0.4 is 118 Å². The maximum atomic E-state index is 9.08. The van der Waals surface area contributed by atoms with Gasteiger partial charge in [-0.1, -0.05) is 72.8 Å². The molecule has 7 nitrogen and oxygen atoms in total. The highest BCUT2D eigenvalue weighted by molar-refractivity contribution is 7.84. The van der Waals surface area contributed by atoms with E-state index in [2.05, 4.69) is 170 Å². The Bertz CT molecular complexity index is 2240. The number of halogens is 7. The highest BCUT2D eigenvalue weighted by atomic mass is 127. The number of rotatable bonds is 12. The van der Waals surface area contributed by atoms with E-state index in [0.717, 1.165) is 23.0 Å². The third-order valence-electron chi connectivity index (χ3n) is 8.00. The van der Waals surface area contributed by atoms with Crippen LogP contribution in [0.25, 0.3) is 0 Å². The predicted octanol–water partition coefficient (Wildman–Crippen LogP) is -10.5. The van der Waals surface area contributed by atoms with Crippen LogP contribution in [0.5, 0.6) is 23.0 Å². The standard InChI is InChI=1S/4C13H12IO.CH4O3S.3FH/c4*1-15-13-9-7-12(8-10-13)14-11-5-3-2-4-6-11;1-5(2,3)4;;;/h4*2-10H,1H3;1H3,(H,2,3,4);3*1H/q4*+1;;;;/p-4. The van der Waals surface area contributed by atoms with Gasteiger partial charge >= 0.3 is 84.8 Å². The Balaban J connectivity index is 0.000000432. The lowest BCUT2D eigenvalue weighted by Gasteiger charge is -1.95. The lowest BCUT2D eigenvalue weighted by molar-refractivity contribution is -0.597. The first-order valence-electron chi connectivity index (χ1n) is 19.8. The second-order valence-electron chi connectivity index (χ2n) is 12.9. The molecule has 15 heteroatoms. The van der Waals surface area contributed by atoms with Gasteiger partial charge in [0.2, 0.25) is 0 Å². The molecule has 0 aliphatic carbocycles. The van der Waals surface area contributed by atoms with Crippen molar-refractivity contribution >= 4 is 10.1 Å². The van der Waals surface area contributed by atoms with E-state index < -0.39 is 10.1 Å². The summed E-state index contributed by atoms with van der Waals surface area (Å²) in [5.74, 6) is 3.71. The molecule has 0 amide bonds. The van der Waals surface area contributed by atoms with E-state index in [1.807, 2.05) is 48.5 Å². The fourth-order valence-corrected chi connectivity index (χ4v) is 13.8. The van der Waals surface area contributed by atoms with Gasteiger partial charge in [-0.05, 0) is 146 Å². The normalized spacial score (nSPS) is 9.62. The lowest BCUT2D eigenvalue weighted by atomic mass is 10.3. The fourth-order valence-electron chi connectivity index (χ4n) is 4.95. The quantitative estimate of drug-likeness (QED) is 0.0888. The van der Waals surface area contributed by atoms with Crippen LogP contribution in [0.2, 0.25) is 0 Å². The van der Waals surface area contributed by atoms with Crippen LogP contribution in [-0.4, -0.2) is 47.7 Å². The average molecular weight is 1400 g/mol. The van der Waals surface area contributed by atoms with Gasteiger partial charge in [0, 0.05) is 6.26 Å². The molecule has 0 fully saturated rings. The molecule has 0 aromatic heterocycles. The molecule has 0 saturated carbocycles. The minimum atomic E-state index is -3.92. The van der Waals surface area contributed by atoms with E-state index in [1.165, 1.54) is 28.6 Å². The van der Waals surface area contributed by atoms with Crippen molar-refractivity contribution in [1.29, 1.82) is 0 Å². The third-order valence-corrected chi connectivity index (χ3v) is 18.7. The largest absolute Gasteiger partial charge is 1.00 e. The first kappa shape index (κ1) is 61.6. The van der Waals surface area contributed by atoms with Crippen molar-refractivity contribution in [3.8, 4) is 23.0 Å². The maximum absolute atomic E-state index is 9.08. The van der Waals surface area contributed by atoms with Crippen LogP contribution >= 0.6 is 0 Å². The highest BCUT2D eigenvalue weighted by Crippen LogP contribution is 2.08. The summed E-state index contributed by atoms with van der Waals surface area (Å²) < 4.78 is 59.2. The van der Waals surface area contributed by atoms with Crippen LogP contribution in [0.4, 0.5) is 0 Å². The fraction of sp³-hybridized carbons (Fsp3) is 0.0943. The molecular formula is C53H51F3I4O7S. The molecule has 8 aromatic rings. The van der Waals surface area contributed by atoms with Crippen LogP contribution in [-0.2, 0) is 10.1 Å². The Kier molecular flexibility index (Phi) is 32.3. The van der Waals surface area contributed by atoms with E-state index in [4.69, 9.17) is 31.9 Å². The Labute approximate surface area is 440 Å². The van der Waals surface area contributed by atoms with Gasteiger partial charge < -0.3 is 37.6 Å². The topological polar surface area (TPSA) is 94.1 Å². The Morgan fingerprint density at radius 2 is 0.426 bits per heavy atom. The van der Waals surface area contributed by atoms with Crippen molar-refractivity contribution in [2.45, 2.75) is 0 Å². The Morgan fingerprint density at radius 1 is 0.294 bits per heavy atom. The molecule has 8 aromatic carbocycles. The molecule has 0 aliphatic rings. The SMILES string of the molecule is COc1ccc([I+]c2ccccc2)cc1.COc1ccc([I+]c2ccccc2)cc1.COc1ccc([I+]c2ccccc2)cc1.COc1ccc([I+]c2ccccc2)cc1.CS(=O)(=O)[O-].[F-].[F-].[F-]. The van der Waals surface area contributed by atoms with Gasteiger partial charge in [0.05, 0.1) is 38.6 Å². The van der Waals surface area contributed by atoms with E-state index in [9.17, 15) is 0 Å².